The van der Waals surface area contributed by atoms with Crippen LogP contribution in [0.5, 0.6) is 0 Å². The minimum absolute atomic E-state index is 0.232. The fourth-order valence-electron chi connectivity index (χ4n) is 2.48. The van der Waals surface area contributed by atoms with Gasteiger partial charge in [-0.15, -0.1) is 0 Å². The molecule has 6 nitrogen and oxygen atoms in total. The lowest BCUT2D eigenvalue weighted by atomic mass is 10.1. The molecule has 0 saturated carbocycles. The van der Waals surface area contributed by atoms with Gasteiger partial charge in [0.2, 0.25) is 0 Å². The summed E-state index contributed by atoms with van der Waals surface area (Å²) in [6, 6.07) is 14.8. The number of rotatable bonds is 6. The highest BCUT2D eigenvalue weighted by Crippen LogP contribution is 2.12. The first-order chi connectivity index (χ1) is 13.5. The van der Waals surface area contributed by atoms with E-state index >= 15 is 0 Å². The molecular formula is C21H20FN3O3. The quantitative estimate of drug-likeness (QED) is 0.604. The summed E-state index contributed by atoms with van der Waals surface area (Å²) in [5, 5.41) is 8.14. The smallest absolute Gasteiger partial charge is 0.315 e. The molecule has 3 aromatic rings. The van der Waals surface area contributed by atoms with Crippen molar-refractivity contribution in [1.82, 2.24) is 10.6 Å². The van der Waals surface area contributed by atoms with Crippen molar-refractivity contribution in [2.24, 2.45) is 0 Å². The van der Waals surface area contributed by atoms with E-state index in [1.807, 2.05) is 0 Å². The van der Waals surface area contributed by atoms with Crippen molar-refractivity contribution >= 4 is 17.6 Å². The van der Waals surface area contributed by atoms with Gasteiger partial charge in [0, 0.05) is 18.8 Å². The summed E-state index contributed by atoms with van der Waals surface area (Å²) in [5.74, 6) is -0.391. The first-order valence-corrected chi connectivity index (χ1v) is 8.72. The molecule has 0 atom stereocenters. The highest BCUT2D eigenvalue weighted by Gasteiger charge is 2.08. The number of anilines is 1. The summed E-state index contributed by atoms with van der Waals surface area (Å²) < 4.78 is 18.5. The second-order valence-corrected chi connectivity index (χ2v) is 6.25. The van der Waals surface area contributed by atoms with Crippen LogP contribution in [0.15, 0.2) is 65.3 Å². The van der Waals surface area contributed by atoms with Crippen LogP contribution in [0.1, 0.15) is 27.2 Å². The number of hydrogen-bond donors (Lipinski definition) is 3. The Bertz CT molecular complexity index is 954. The number of carbonyl (C=O) groups excluding carboxylic acids is 2. The molecule has 0 fully saturated rings. The highest BCUT2D eigenvalue weighted by molar-refractivity contribution is 6.02. The number of hydrogen-bond acceptors (Lipinski definition) is 3. The second kappa shape index (κ2) is 8.85. The van der Waals surface area contributed by atoms with Gasteiger partial charge in [-0.25, -0.2) is 9.18 Å². The zero-order valence-corrected chi connectivity index (χ0v) is 15.3. The molecule has 0 spiro atoms. The van der Waals surface area contributed by atoms with Crippen LogP contribution in [0, 0.1) is 12.7 Å². The van der Waals surface area contributed by atoms with E-state index in [0.29, 0.717) is 23.4 Å². The zero-order chi connectivity index (χ0) is 19.9. The number of aryl methyl sites for hydroxylation is 1. The third-order valence-electron chi connectivity index (χ3n) is 4.10. The van der Waals surface area contributed by atoms with Crippen molar-refractivity contribution in [2.75, 3.05) is 5.32 Å². The predicted molar refractivity (Wildman–Crippen MR) is 103 cm³/mol. The van der Waals surface area contributed by atoms with Crippen LogP contribution >= 0.6 is 0 Å². The molecule has 7 heteroatoms. The van der Waals surface area contributed by atoms with Crippen molar-refractivity contribution in [3.8, 4) is 0 Å². The summed E-state index contributed by atoms with van der Waals surface area (Å²) in [6.07, 6.45) is 1.43. The average molecular weight is 381 g/mol. The predicted octanol–water partition coefficient (Wildman–Crippen LogP) is 3.98. The summed E-state index contributed by atoms with van der Waals surface area (Å²) in [7, 11) is 0. The number of nitrogens with one attached hydrogen (secondary N) is 3. The maximum Gasteiger partial charge on any atom is 0.315 e. The van der Waals surface area contributed by atoms with E-state index in [9.17, 15) is 14.0 Å². The largest absolute Gasteiger partial charge is 0.459 e. The minimum Gasteiger partial charge on any atom is -0.459 e. The van der Waals surface area contributed by atoms with Gasteiger partial charge in [0.25, 0.3) is 5.91 Å². The van der Waals surface area contributed by atoms with Crippen molar-refractivity contribution < 1.29 is 18.4 Å². The Morgan fingerprint density at radius 1 is 0.964 bits per heavy atom. The number of amides is 3. The molecule has 3 amide bonds. The van der Waals surface area contributed by atoms with E-state index in [-0.39, 0.29) is 30.1 Å². The van der Waals surface area contributed by atoms with Gasteiger partial charge >= 0.3 is 6.03 Å². The summed E-state index contributed by atoms with van der Waals surface area (Å²) in [4.78, 5) is 23.8. The number of urea groups is 1. The van der Waals surface area contributed by atoms with Crippen LogP contribution in [0.25, 0.3) is 0 Å². The van der Waals surface area contributed by atoms with Crippen molar-refractivity contribution in [3.05, 3.63) is 89.1 Å². The first-order valence-electron chi connectivity index (χ1n) is 8.72. The van der Waals surface area contributed by atoms with Gasteiger partial charge in [-0.3, -0.25) is 4.79 Å². The topological polar surface area (TPSA) is 83.4 Å². The number of carbonyl (C=O) groups is 2. The number of furan rings is 1. The molecule has 144 valence electrons. The van der Waals surface area contributed by atoms with Crippen LogP contribution in [-0.2, 0) is 13.1 Å². The monoisotopic (exact) mass is 381 g/mol. The number of benzene rings is 2. The molecule has 0 aliphatic carbocycles. The molecule has 1 aromatic heterocycles. The summed E-state index contributed by atoms with van der Waals surface area (Å²) in [5.41, 5.74) is 2.75. The first kappa shape index (κ1) is 19.2. The Hall–Kier alpha value is -3.61. The van der Waals surface area contributed by atoms with Gasteiger partial charge in [-0.05, 0) is 53.9 Å². The molecule has 0 saturated heterocycles. The molecule has 0 bridgehead atoms. The van der Waals surface area contributed by atoms with Crippen LogP contribution in [0.4, 0.5) is 14.9 Å². The fourth-order valence-corrected chi connectivity index (χ4v) is 2.48. The normalized spacial score (nSPS) is 10.4. The fraction of sp³-hybridized carbons (Fsp3) is 0.143. The summed E-state index contributed by atoms with van der Waals surface area (Å²) in [6.45, 7) is 2.24. The van der Waals surface area contributed by atoms with Gasteiger partial charge in [-0.1, -0.05) is 24.3 Å². The molecule has 28 heavy (non-hydrogen) atoms. The van der Waals surface area contributed by atoms with Crippen molar-refractivity contribution in [3.63, 3.8) is 0 Å². The molecule has 1 heterocycles. The minimum atomic E-state index is -0.351. The van der Waals surface area contributed by atoms with E-state index in [4.69, 9.17) is 4.42 Å². The van der Waals surface area contributed by atoms with E-state index in [1.165, 1.54) is 12.3 Å². The lowest BCUT2D eigenvalue weighted by Gasteiger charge is -2.09. The third kappa shape index (κ3) is 5.20. The third-order valence-corrected chi connectivity index (χ3v) is 4.10. The lowest BCUT2D eigenvalue weighted by molar-refractivity contribution is 0.0996. The molecule has 0 aliphatic heterocycles. The Kier molecular flexibility index (Phi) is 6.06. The molecular weight excluding hydrogens is 361 g/mol. The maximum atomic E-state index is 13.5. The average Bonchev–Trinajstić information content (AvgIpc) is 3.23. The van der Waals surface area contributed by atoms with Gasteiger partial charge in [0.1, 0.15) is 5.82 Å². The molecule has 0 unspecified atom stereocenters. The van der Waals surface area contributed by atoms with E-state index in [1.54, 1.807) is 55.5 Å². The molecule has 3 N–H and O–H groups in total. The second-order valence-electron chi connectivity index (χ2n) is 6.25. The van der Waals surface area contributed by atoms with Crippen LogP contribution < -0.4 is 16.0 Å². The SMILES string of the molecule is Cc1ccc(CNC(=O)NCc2ccc(NC(=O)c3ccco3)cc2)cc1F. The van der Waals surface area contributed by atoms with Crippen LogP contribution in [0.2, 0.25) is 0 Å². The van der Waals surface area contributed by atoms with E-state index < -0.39 is 0 Å². The highest BCUT2D eigenvalue weighted by atomic mass is 19.1. The summed E-state index contributed by atoms with van der Waals surface area (Å²) >= 11 is 0. The van der Waals surface area contributed by atoms with Gasteiger partial charge in [0.05, 0.1) is 6.26 Å². The standard InChI is InChI=1S/C21H20FN3O3/c1-14-4-5-16(11-18(14)22)13-24-21(27)23-12-15-6-8-17(9-7-15)25-20(26)19-3-2-10-28-19/h2-11H,12-13H2,1H3,(H,25,26)(H2,23,24,27). The molecule has 2 aromatic carbocycles. The molecule has 3 rings (SSSR count). The lowest BCUT2D eigenvalue weighted by Crippen LogP contribution is -2.34. The Morgan fingerprint density at radius 3 is 2.29 bits per heavy atom. The van der Waals surface area contributed by atoms with Gasteiger partial charge in [0.15, 0.2) is 5.76 Å². The van der Waals surface area contributed by atoms with Crippen molar-refractivity contribution in [1.29, 1.82) is 0 Å². The Balaban J connectivity index is 1.44. The Labute approximate surface area is 161 Å². The maximum absolute atomic E-state index is 13.5. The van der Waals surface area contributed by atoms with Crippen LogP contribution in [-0.4, -0.2) is 11.9 Å². The zero-order valence-electron chi connectivity index (χ0n) is 15.3. The van der Waals surface area contributed by atoms with E-state index in [2.05, 4.69) is 16.0 Å². The van der Waals surface area contributed by atoms with Crippen LogP contribution in [0.3, 0.4) is 0 Å². The molecule has 0 radical (unpaired) electrons. The van der Waals surface area contributed by atoms with Gasteiger partial charge in [-0.2, -0.15) is 0 Å². The van der Waals surface area contributed by atoms with Crippen molar-refractivity contribution in [2.45, 2.75) is 20.0 Å². The van der Waals surface area contributed by atoms with E-state index in [0.717, 1.165) is 5.56 Å². The molecule has 0 aliphatic rings. The number of halogens is 1. The van der Waals surface area contributed by atoms with Gasteiger partial charge < -0.3 is 20.4 Å². The Morgan fingerprint density at radius 2 is 1.64 bits per heavy atom.